The van der Waals surface area contributed by atoms with Crippen molar-refractivity contribution in [3.05, 3.63) is 96.1 Å². The van der Waals surface area contributed by atoms with Crippen LogP contribution < -0.4 is 22.0 Å². The minimum absolute atomic E-state index is 0.0586. The van der Waals surface area contributed by atoms with Crippen LogP contribution in [0, 0.1) is 0 Å². The van der Waals surface area contributed by atoms with Crippen LogP contribution in [0.1, 0.15) is 27.8 Å². The van der Waals surface area contributed by atoms with Gasteiger partial charge in [0, 0.05) is 12.4 Å². The fourth-order valence-corrected chi connectivity index (χ4v) is 2.40. The Hall–Kier alpha value is -4.11. The highest BCUT2D eigenvalue weighted by Gasteiger charge is 2.21. The number of hydrazine groups is 1. The summed E-state index contributed by atoms with van der Waals surface area (Å²) in [5.74, 6) is -0.935. The van der Waals surface area contributed by atoms with Crippen LogP contribution in [0.15, 0.2) is 84.2 Å². The van der Waals surface area contributed by atoms with E-state index >= 15 is 0 Å². The van der Waals surface area contributed by atoms with Gasteiger partial charge in [0.2, 0.25) is 0 Å². The van der Waals surface area contributed by atoms with Gasteiger partial charge in [0.1, 0.15) is 17.4 Å². The van der Waals surface area contributed by atoms with Gasteiger partial charge in [-0.3, -0.25) is 25.0 Å². The molecule has 146 valence electrons. The number of carbonyl (C=O) groups is 2. The zero-order valence-electron chi connectivity index (χ0n) is 15.3. The fraction of sp³-hybridized carbons (Fsp3) is 0.0500. The Labute approximate surface area is 167 Å². The molecule has 0 saturated carbocycles. The quantitative estimate of drug-likeness (QED) is 0.269. The van der Waals surface area contributed by atoms with Crippen molar-refractivity contribution in [2.45, 2.75) is 6.04 Å². The van der Waals surface area contributed by atoms with Crippen LogP contribution in [-0.2, 0) is 4.79 Å². The predicted octanol–water partition coefficient (Wildman–Crippen LogP) is 0.889. The average molecular weight is 389 g/mol. The van der Waals surface area contributed by atoms with Crippen LogP contribution in [0.5, 0.6) is 0 Å². The van der Waals surface area contributed by atoms with Gasteiger partial charge in [0.05, 0.1) is 0 Å². The van der Waals surface area contributed by atoms with Crippen LogP contribution >= 0.6 is 0 Å². The van der Waals surface area contributed by atoms with Crippen LogP contribution in [-0.4, -0.2) is 27.6 Å². The maximum atomic E-state index is 12.7. The van der Waals surface area contributed by atoms with E-state index in [-0.39, 0.29) is 11.5 Å². The number of carbonyl (C=O) groups excluding carboxylic acids is 2. The predicted molar refractivity (Wildman–Crippen MR) is 107 cm³/mol. The molecule has 0 aliphatic heterocycles. The molecule has 0 saturated heterocycles. The molecule has 2 aromatic heterocycles. The lowest BCUT2D eigenvalue weighted by molar-refractivity contribution is -0.123. The number of nitrogens with two attached hydrogens (primary N) is 1. The zero-order valence-corrected chi connectivity index (χ0v) is 15.3. The second-order valence-corrected chi connectivity index (χ2v) is 5.85. The highest BCUT2D eigenvalue weighted by Crippen LogP contribution is 2.12. The van der Waals surface area contributed by atoms with Crippen molar-refractivity contribution in [3.8, 4) is 0 Å². The average Bonchev–Trinajstić information content (AvgIpc) is 2.79. The number of hydrogen-bond donors (Lipinski definition) is 4. The lowest BCUT2D eigenvalue weighted by Gasteiger charge is -2.18. The Morgan fingerprint density at radius 2 is 1.48 bits per heavy atom. The molecular weight excluding hydrogens is 370 g/mol. The molecule has 0 aliphatic carbocycles. The molecule has 9 heteroatoms. The number of nitrogens with one attached hydrogen (secondary N) is 3. The monoisotopic (exact) mass is 389 g/mol. The van der Waals surface area contributed by atoms with Gasteiger partial charge in [0.25, 0.3) is 11.8 Å². The van der Waals surface area contributed by atoms with Crippen molar-refractivity contribution in [2.75, 3.05) is 0 Å². The first-order chi connectivity index (χ1) is 14.1. The SMILES string of the molecule is N/C(=N\NC(=O)C(NNC(=O)c1ccccn1)c1ccccc1)c1ccccn1. The number of amidine groups is 1. The minimum Gasteiger partial charge on any atom is -0.380 e. The number of benzene rings is 1. The molecule has 0 bridgehead atoms. The molecule has 1 unspecified atom stereocenters. The van der Waals surface area contributed by atoms with Crippen molar-refractivity contribution >= 4 is 17.6 Å². The smallest absolute Gasteiger partial charge is 0.283 e. The van der Waals surface area contributed by atoms with E-state index in [1.807, 2.05) is 6.07 Å². The van der Waals surface area contributed by atoms with Crippen molar-refractivity contribution in [1.29, 1.82) is 0 Å². The van der Waals surface area contributed by atoms with E-state index < -0.39 is 17.9 Å². The highest BCUT2D eigenvalue weighted by molar-refractivity contribution is 5.96. The molecule has 0 radical (unpaired) electrons. The van der Waals surface area contributed by atoms with Crippen LogP contribution in [0.4, 0.5) is 0 Å². The Bertz CT molecular complexity index is 979. The molecule has 3 rings (SSSR count). The molecule has 0 fully saturated rings. The lowest BCUT2D eigenvalue weighted by Crippen LogP contribution is -2.46. The molecule has 1 atom stereocenters. The number of nitrogens with zero attached hydrogens (tertiary/aromatic N) is 3. The molecule has 0 aliphatic rings. The summed E-state index contributed by atoms with van der Waals surface area (Å²) < 4.78 is 0. The summed E-state index contributed by atoms with van der Waals surface area (Å²) in [6.07, 6.45) is 3.08. The zero-order chi connectivity index (χ0) is 20.5. The third-order valence-electron chi connectivity index (χ3n) is 3.84. The molecule has 0 spiro atoms. The lowest BCUT2D eigenvalue weighted by atomic mass is 10.1. The highest BCUT2D eigenvalue weighted by atomic mass is 16.2. The number of hydrogen-bond acceptors (Lipinski definition) is 6. The van der Waals surface area contributed by atoms with Gasteiger partial charge in [-0.2, -0.15) is 5.10 Å². The Morgan fingerprint density at radius 3 is 2.10 bits per heavy atom. The summed E-state index contributed by atoms with van der Waals surface area (Å²) in [7, 11) is 0. The molecule has 3 aromatic rings. The molecule has 2 amide bonds. The molecule has 29 heavy (non-hydrogen) atoms. The van der Waals surface area contributed by atoms with Crippen molar-refractivity contribution in [2.24, 2.45) is 10.8 Å². The summed E-state index contributed by atoms with van der Waals surface area (Å²) in [5, 5.41) is 3.89. The van der Waals surface area contributed by atoms with Gasteiger partial charge < -0.3 is 5.73 Å². The van der Waals surface area contributed by atoms with E-state index in [1.54, 1.807) is 66.9 Å². The number of rotatable bonds is 7. The number of pyridine rings is 2. The van der Waals surface area contributed by atoms with Crippen molar-refractivity contribution in [3.63, 3.8) is 0 Å². The second-order valence-electron chi connectivity index (χ2n) is 5.85. The number of amides is 2. The standard InChI is InChI=1S/C20H19N7O2/c21-18(15-10-4-6-12-22-15)25-27-20(29)17(14-8-2-1-3-9-14)24-26-19(28)16-11-5-7-13-23-16/h1-13,17,24H,(H2,21,25)(H,26,28)(H,27,29). The van der Waals surface area contributed by atoms with Gasteiger partial charge in [-0.05, 0) is 29.8 Å². The summed E-state index contributed by atoms with van der Waals surface area (Å²) in [4.78, 5) is 33.0. The molecular formula is C20H19N7O2. The van der Waals surface area contributed by atoms with Crippen molar-refractivity contribution < 1.29 is 9.59 Å². The molecule has 5 N–H and O–H groups in total. The minimum atomic E-state index is -0.913. The van der Waals surface area contributed by atoms with Crippen LogP contribution in [0.2, 0.25) is 0 Å². The summed E-state index contributed by atoms with van der Waals surface area (Å²) in [6, 6.07) is 18.1. The normalized spacial score (nSPS) is 12.1. The van der Waals surface area contributed by atoms with Gasteiger partial charge in [-0.25, -0.2) is 10.9 Å². The molecule has 9 nitrogen and oxygen atoms in total. The second kappa shape index (κ2) is 9.72. The molecule has 2 heterocycles. The van der Waals surface area contributed by atoms with E-state index in [0.29, 0.717) is 11.3 Å². The van der Waals surface area contributed by atoms with Gasteiger partial charge >= 0.3 is 0 Å². The third kappa shape index (κ3) is 5.44. The van der Waals surface area contributed by atoms with Crippen LogP contribution in [0.25, 0.3) is 0 Å². The molecule has 1 aromatic carbocycles. The van der Waals surface area contributed by atoms with E-state index in [4.69, 9.17) is 5.73 Å². The van der Waals surface area contributed by atoms with Crippen LogP contribution in [0.3, 0.4) is 0 Å². The summed E-state index contributed by atoms with van der Waals surface area (Å²) in [6.45, 7) is 0. The van der Waals surface area contributed by atoms with Gasteiger partial charge in [-0.15, -0.1) is 0 Å². The fourth-order valence-electron chi connectivity index (χ4n) is 2.40. The first-order valence-electron chi connectivity index (χ1n) is 8.71. The first-order valence-corrected chi connectivity index (χ1v) is 8.71. The van der Waals surface area contributed by atoms with Gasteiger partial charge in [0.15, 0.2) is 5.84 Å². The third-order valence-corrected chi connectivity index (χ3v) is 3.84. The van der Waals surface area contributed by atoms with Gasteiger partial charge in [-0.1, -0.05) is 42.5 Å². The largest absolute Gasteiger partial charge is 0.380 e. The Morgan fingerprint density at radius 1 is 0.862 bits per heavy atom. The maximum Gasteiger partial charge on any atom is 0.283 e. The topological polar surface area (TPSA) is 134 Å². The van der Waals surface area contributed by atoms with E-state index in [9.17, 15) is 9.59 Å². The van der Waals surface area contributed by atoms with E-state index in [1.165, 1.54) is 6.20 Å². The summed E-state index contributed by atoms with van der Waals surface area (Å²) in [5.41, 5.74) is 14.7. The Kier molecular flexibility index (Phi) is 6.58. The maximum absolute atomic E-state index is 12.7. The van der Waals surface area contributed by atoms with E-state index in [2.05, 4.69) is 31.3 Å². The van der Waals surface area contributed by atoms with Crippen molar-refractivity contribution in [1.82, 2.24) is 26.2 Å². The first kappa shape index (κ1) is 19.6. The summed E-state index contributed by atoms with van der Waals surface area (Å²) >= 11 is 0. The number of hydrazone groups is 1. The van der Waals surface area contributed by atoms with E-state index in [0.717, 1.165) is 0 Å². The Balaban J connectivity index is 1.71. The number of aromatic nitrogens is 2.